The summed E-state index contributed by atoms with van der Waals surface area (Å²) in [5, 5.41) is 6.77. The number of hydrogen-bond donors (Lipinski definition) is 1. The molecular formula is C11H12N2. The monoisotopic (exact) mass is 172 g/mol. The van der Waals surface area contributed by atoms with Crippen LogP contribution in [-0.4, -0.2) is 10.2 Å². The Morgan fingerprint density at radius 3 is 2.54 bits per heavy atom. The number of nitrogens with zero attached hydrogens (tertiary/aromatic N) is 1. The molecule has 1 N–H and O–H groups in total. The predicted molar refractivity (Wildman–Crippen MR) is 52.5 cm³/mol. The van der Waals surface area contributed by atoms with Crippen LogP contribution in [0.3, 0.4) is 0 Å². The lowest BCUT2D eigenvalue weighted by Gasteiger charge is -2.08. The summed E-state index contributed by atoms with van der Waals surface area (Å²) < 4.78 is 0. The van der Waals surface area contributed by atoms with Gasteiger partial charge in [0.15, 0.2) is 0 Å². The van der Waals surface area contributed by atoms with Gasteiger partial charge in [0.1, 0.15) is 0 Å². The minimum absolute atomic E-state index is 0.417. The van der Waals surface area contributed by atoms with Gasteiger partial charge in [0.25, 0.3) is 0 Å². The fourth-order valence-electron chi connectivity index (χ4n) is 1.43. The molecule has 1 atom stereocenters. The van der Waals surface area contributed by atoms with Crippen LogP contribution in [0.2, 0.25) is 0 Å². The Balaban J connectivity index is 2.29. The van der Waals surface area contributed by atoms with Crippen molar-refractivity contribution in [2.24, 2.45) is 0 Å². The topological polar surface area (TPSA) is 28.7 Å². The highest BCUT2D eigenvalue weighted by Crippen LogP contribution is 2.21. The summed E-state index contributed by atoms with van der Waals surface area (Å²) in [6.45, 7) is 2.18. The molecule has 2 nitrogen and oxygen atoms in total. The van der Waals surface area contributed by atoms with E-state index in [9.17, 15) is 0 Å². The predicted octanol–water partition coefficient (Wildman–Crippen LogP) is 2.56. The van der Waals surface area contributed by atoms with Gasteiger partial charge in [-0.15, -0.1) is 0 Å². The quantitative estimate of drug-likeness (QED) is 0.741. The molecule has 13 heavy (non-hydrogen) atoms. The third-order valence-corrected chi connectivity index (χ3v) is 2.32. The molecule has 1 aromatic heterocycles. The standard InChI is InChI=1S/C11H12N2/c1-9(11-7-12-13-8-11)10-5-3-2-4-6-10/h2-9H,1H3,(H,12,13). The molecule has 0 spiro atoms. The molecule has 1 unspecified atom stereocenters. The molecule has 2 aromatic rings. The van der Waals surface area contributed by atoms with Crippen LogP contribution >= 0.6 is 0 Å². The molecule has 0 saturated carbocycles. The average molecular weight is 172 g/mol. The van der Waals surface area contributed by atoms with E-state index >= 15 is 0 Å². The van der Waals surface area contributed by atoms with Crippen LogP contribution in [0.4, 0.5) is 0 Å². The van der Waals surface area contributed by atoms with Gasteiger partial charge in [0, 0.05) is 12.1 Å². The van der Waals surface area contributed by atoms with Crippen molar-refractivity contribution >= 4 is 0 Å². The summed E-state index contributed by atoms with van der Waals surface area (Å²) >= 11 is 0. The number of rotatable bonds is 2. The number of benzene rings is 1. The molecule has 2 rings (SSSR count). The van der Waals surface area contributed by atoms with Crippen LogP contribution in [0.15, 0.2) is 42.7 Å². The van der Waals surface area contributed by atoms with Crippen molar-refractivity contribution in [2.45, 2.75) is 12.8 Å². The second-order valence-electron chi connectivity index (χ2n) is 3.16. The van der Waals surface area contributed by atoms with Crippen molar-refractivity contribution < 1.29 is 0 Å². The highest BCUT2D eigenvalue weighted by Gasteiger charge is 2.07. The van der Waals surface area contributed by atoms with E-state index in [1.165, 1.54) is 11.1 Å². The minimum Gasteiger partial charge on any atom is -0.285 e. The number of aromatic amines is 1. The summed E-state index contributed by atoms with van der Waals surface area (Å²) in [4.78, 5) is 0. The lowest BCUT2D eigenvalue weighted by Crippen LogP contribution is -1.92. The summed E-state index contributed by atoms with van der Waals surface area (Å²) in [6, 6.07) is 10.4. The molecule has 0 amide bonds. The molecule has 2 heteroatoms. The maximum Gasteiger partial charge on any atom is 0.0525 e. The lowest BCUT2D eigenvalue weighted by atomic mass is 9.96. The average Bonchev–Trinajstić information content (AvgIpc) is 2.71. The zero-order chi connectivity index (χ0) is 9.10. The van der Waals surface area contributed by atoms with E-state index in [0.717, 1.165) is 0 Å². The van der Waals surface area contributed by atoms with Gasteiger partial charge in [0.2, 0.25) is 0 Å². The van der Waals surface area contributed by atoms with E-state index in [2.05, 4.69) is 41.4 Å². The van der Waals surface area contributed by atoms with Gasteiger partial charge in [-0.25, -0.2) is 0 Å². The third kappa shape index (κ3) is 1.61. The molecule has 66 valence electrons. The van der Waals surface area contributed by atoms with Gasteiger partial charge in [-0.2, -0.15) is 5.10 Å². The number of aromatic nitrogens is 2. The van der Waals surface area contributed by atoms with Gasteiger partial charge < -0.3 is 0 Å². The molecule has 1 aromatic carbocycles. The third-order valence-electron chi connectivity index (χ3n) is 2.32. The number of nitrogens with one attached hydrogen (secondary N) is 1. The summed E-state index contributed by atoms with van der Waals surface area (Å²) in [5.41, 5.74) is 2.55. The van der Waals surface area contributed by atoms with Crippen molar-refractivity contribution in [2.75, 3.05) is 0 Å². The normalized spacial score (nSPS) is 12.7. The molecule has 0 bridgehead atoms. The van der Waals surface area contributed by atoms with Gasteiger partial charge in [-0.05, 0) is 11.1 Å². The Kier molecular flexibility index (Phi) is 2.13. The fraction of sp³-hybridized carbons (Fsp3) is 0.182. The molecule has 0 radical (unpaired) electrons. The first-order valence-electron chi connectivity index (χ1n) is 4.41. The van der Waals surface area contributed by atoms with E-state index in [0.29, 0.717) is 5.92 Å². The second-order valence-corrected chi connectivity index (χ2v) is 3.16. The van der Waals surface area contributed by atoms with Crippen LogP contribution in [0.5, 0.6) is 0 Å². The zero-order valence-electron chi connectivity index (χ0n) is 7.57. The minimum atomic E-state index is 0.417. The van der Waals surface area contributed by atoms with Crippen LogP contribution in [0.25, 0.3) is 0 Å². The molecule has 1 heterocycles. The Morgan fingerprint density at radius 1 is 1.15 bits per heavy atom. The largest absolute Gasteiger partial charge is 0.285 e. The molecular weight excluding hydrogens is 160 g/mol. The number of H-pyrrole nitrogens is 1. The second kappa shape index (κ2) is 3.44. The van der Waals surface area contributed by atoms with E-state index in [4.69, 9.17) is 0 Å². The molecule has 0 saturated heterocycles. The van der Waals surface area contributed by atoms with E-state index in [1.54, 1.807) is 0 Å². The Hall–Kier alpha value is -1.57. The summed E-state index contributed by atoms with van der Waals surface area (Å²) in [6.07, 6.45) is 3.81. The van der Waals surface area contributed by atoms with Crippen LogP contribution in [0.1, 0.15) is 24.0 Å². The molecule has 0 aliphatic heterocycles. The Morgan fingerprint density at radius 2 is 1.92 bits per heavy atom. The summed E-state index contributed by atoms with van der Waals surface area (Å²) in [5.74, 6) is 0.417. The SMILES string of the molecule is CC(c1ccccc1)c1cn[nH]c1. The van der Waals surface area contributed by atoms with Crippen LogP contribution < -0.4 is 0 Å². The van der Waals surface area contributed by atoms with Crippen LogP contribution in [0, 0.1) is 0 Å². The highest BCUT2D eigenvalue weighted by atomic mass is 15.1. The van der Waals surface area contributed by atoms with Gasteiger partial charge in [-0.3, -0.25) is 5.10 Å². The first kappa shape index (κ1) is 8.05. The van der Waals surface area contributed by atoms with E-state index in [1.807, 2.05) is 18.5 Å². The van der Waals surface area contributed by atoms with Crippen molar-refractivity contribution in [1.82, 2.24) is 10.2 Å². The van der Waals surface area contributed by atoms with Crippen molar-refractivity contribution in [1.29, 1.82) is 0 Å². The van der Waals surface area contributed by atoms with Crippen molar-refractivity contribution in [3.05, 3.63) is 53.9 Å². The van der Waals surface area contributed by atoms with E-state index < -0.39 is 0 Å². The molecule has 0 aliphatic carbocycles. The Bertz CT molecular complexity index is 351. The van der Waals surface area contributed by atoms with Crippen LogP contribution in [-0.2, 0) is 0 Å². The van der Waals surface area contributed by atoms with Gasteiger partial charge in [-0.1, -0.05) is 37.3 Å². The number of hydrogen-bond acceptors (Lipinski definition) is 1. The maximum absolute atomic E-state index is 3.94. The fourth-order valence-corrected chi connectivity index (χ4v) is 1.43. The maximum atomic E-state index is 3.94. The molecule has 0 aliphatic rings. The van der Waals surface area contributed by atoms with E-state index in [-0.39, 0.29) is 0 Å². The van der Waals surface area contributed by atoms with Crippen molar-refractivity contribution in [3.8, 4) is 0 Å². The highest BCUT2D eigenvalue weighted by molar-refractivity contribution is 5.28. The van der Waals surface area contributed by atoms with Gasteiger partial charge in [0.05, 0.1) is 6.20 Å². The van der Waals surface area contributed by atoms with Crippen molar-refractivity contribution in [3.63, 3.8) is 0 Å². The first-order valence-corrected chi connectivity index (χ1v) is 4.41. The summed E-state index contributed by atoms with van der Waals surface area (Å²) in [7, 11) is 0. The Labute approximate surface area is 77.6 Å². The zero-order valence-corrected chi connectivity index (χ0v) is 7.57. The van der Waals surface area contributed by atoms with Gasteiger partial charge >= 0.3 is 0 Å². The first-order chi connectivity index (χ1) is 6.38. The molecule has 0 fully saturated rings. The lowest BCUT2D eigenvalue weighted by molar-refractivity contribution is 0.924. The smallest absolute Gasteiger partial charge is 0.0525 e.